The van der Waals surface area contributed by atoms with E-state index >= 15 is 0 Å². The number of carbonyl (C=O) groups is 2. The van der Waals surface area contributed by atoms with Crippen molar-refractivity contribution in [3.63, 3.8) is 0 Å². The molecule has 2 N–H and O–H groups in total. The summed E-state index contributed by atoms with van der Waals surface area (Å²) in [6.07, 6.45) is 4.67. The van der Waals surface area contributed by atoms with Gasteiger partial charge in [0.15, 0.2) is 0 Å². The van der Waals surface area contributed by atoms with Crippen LogP contribution in [0.4, 0.5) is 4.79 Å². The first kappa shape index (κ1) is 15.4. The van der Waals surface area contributed by atoms with E-state index < -0.39 is 0 Å². The molecule has 2 saturated heterocycles. The topological polar surface area (TPSA) is 91.6 Å². The van der Waals surface area contributed by atoms with E-state index in [1.54, 1.807) is 9.42 Å². The summed E-state index contributed by atoms with van der Waals surface area (Å²) < 4.78 is 1.74. The number of aryl methyl sites for hydroxylation is 1. The number of fused-ring (bicyclic) bond motifs is 4. The number of rotatable bonds is 2. The van der Waals surface area contributed by atoms with E-state index in [-0.39, 0.29) is 23.9 Å². The summed E-state index contributed by atoms with van der Waals surface area (Å²) in [5.41, 5.74) is 0.784. The number of hydrogen-bond donors (Lipinski definition) is 2. The Morgan fingerprint density at radius 2 is 2.33 bits per heavy atom. The van der Waals surface area contributed by atoms with Crippen LogP contribution in [0.3, 0.4) is 0 Å². The molecule has 0 unspecified atom stereocenters. The summed E-state index contributed by atoms with van der Waals surface area (Å²) in [4.78, 5) is 31.6. The van der Waals surface area contributed by atoms with Crippen LogP contribution in [0.25, 0.3) is 4.96 Å². The summed E-state index contributed by atoms with van der Waals surface area (Å²) in [6.45, 7) is 3.37. The Hall–Kier alpha value is -2.16. The number of nitrogens with one attached hydrogen (secondary N) is 2. The molecular weight excluding hydrogens is 328 g/mol. The third kappa shape index (κ3) is 2.95. The molecule has 2 aromatic heterocycles. The molecule has 2 aliphatic heterocycles. The fourth-order valence-electron chi connectivity index (χ4n) is 3.42. The lowest BCUT2D eigenvalue weighted by molar-refractivity contribution is -0.124. The number of carbonyl (C=O) groups excluding carboxylic acids is 2. The van der Waals surface area contributed by atoms with E-state index in [9.17, 15) is 9.59 Å². The van der Waals surface area contributed by atoms with Gasteiger partial charge in [-0.3, -0.25) is 4.79 Å². The number of urea groups is 1. The maximum Gasteiger partial charge on any atom is 0.317 e. The second-order valence-corrected chi connectivity index (χ2v) is 7.64. The lowest BCUT2D eigenvalue weighted by atomic mass is 9.99. The largest absolute Gasteiger partial charge is 0.351 e. The average Bonchev–Trinajstić information content (AvgIpc) is 2.91. The zero-order chi connectivity index (χ0) is 16.7. The number of nitrogens with zero attached hydrogens (tertiary/aromatic N) is 4. The summed E-state index contributed by atoms with van der Waals surface area (Å²) >= 11 is 1.52. The van der Waals surface area contributed by atoms with Crippen LogP contribution < -0.4 is 10.6 Å². The van der Waals surface area contributed by atoms with Gasteiger partial charge in [0.2, 0.25) is 10.9 Å². The van der Waals surface area contributed by atoms with Gasteiger partial charge in [-0.25, -0.2) is 14.3 Å². The van der Waals surface area contributed by atoms with Gasteiger partial charge in [0.25, 0.3) is 0 Å². The molecule has 4 heterocycles. The molecule has 4 rings (SSSR count). The lowest BCUT2D eigenvalue weighted by Gasteiger charge is -2.27. The first-order valence-corrected chi connectivity index (χ1v) is 9.05. The van der Waals surface area contributed by atoms with Gasteiger partial charge in [-0.05, 0) is 19.8 Å². The first-order valence-electron chi connectivity index (χ1n) is 8.23. The molecule has 128 valence electrons. The second-order valence-electron chi connectivity index (χ2n) is 6.48. The van der Waals surface area contributed by atoms with Crippen LogP contribution in [0.5, 0.6) is 0 Å². The van der Waals surface area contributed by atoms with E-state index in [1.807, 2.05) is 13.1 Å². The minimum atomic E-state index is -0.135. The predicted octanol–water partition coefficient (Wildman–Crippen LogP) is 0.909. The summed E-state index contributed by atoms with van der Waals surface area (Å²) in [5.74, 6) is -0.00282. The van der Waals surface area contributed by atoms with Crippen molar-refractivity contribution in [2.75, 3.05) is 13.1 Å². The minimum absolute atomic E-state index is 0.0702. The Morgan fingerprint density at radius 3 is 3.17 bits per heavy atom. The molecule has 0 aromatic carbocycles. The molecule has 0 aliphatic carbocycles. The molecule has 2 fully saturated rings. The maximum absolute atomic E-state index is 12.5. The smallest absolute Gasteiger partial charge is 0.317 e. The quantitative estimate of drug-likeness (QED) is 0.844. The molecule has 2 aromatic rings. The van der Waals surface area contributed by atoms with Gasteiger partial charge in [0, 0.05) is 19.1 Å². The summed E-state index contributed by atoms with van der Waals surface area (Å²) in [7, 11) is 0. The SMILES string of the molecule is Cc1nn2cc(CNC(=O)N3C[C@@H]4CCC[C@H](C3)C(=O)N4)nc2s1. The third-order valence-electron chi connectivity index (χ3n) is 4.61. The van der Waals surface area contributed by atoms with Gasteiger partial charge in [-0.15, -0.1) is 0 Å². The zero-order valence-corrected chi connectivity index (χ0v) is 14.3. The molecule has 3 amide bonds. The Bertz CT molecular complexity index is 753. The van der Waals surface area contributed by atoms with Gasteiger partial charge < -0.3 is 15.5 Å². The van der Waals surface area contributed by atoms with Crippen molar-refractivity contribution in [3.05, 3.63) is 16.9 Å². The first-order chi connectivity index (χ1) is 11.6. The number of hydrogen-bond acceptors (Lipinski definition) is 5. The van der Waals surface area contributed by atoms with Crippen LogP contribution in [0, 0.1) is 12.8 Å². The Balaban J connectivity index is 1.40. The predicted molar refractivity (Wildman–Crippen MR) is 88.7 cm³/mol. The molecular formula is C15H20N6O2S. The molecule has 0 spiro atoms. The second kappa shape index (κ2) is 6.04. The van der Waals surface area contributed by atoms with E-state index in [2.05, 4.69) is 20.7 Å². The van der Waals surface area contributed by atoms with Crippen LogP contribution in [-0.4, -0.2) is 50.6 Å². The Labute approximate surface area is 143 Å². The highest BCUT2D eigenvalue weighted by Gasteiger charge is 2.34. The van der Waals surface area contributed by atoms with Gasteiger partial charge in [-0.1, -0.05) is 17.8 Å². The van der Waals surface area contributed by atoms with Crippen LogP contribution in [0.15, 0.2) is 6.20 Å². The van der Waals surface area contributed by atoms with E-state index in [0.29, 0.717) is 19.6 Å². The summed E-state index contributed by atoms with van der Waals surface area (Å²) in [6, 6.07) is -0.0650. The van der Waals surface area contributed by atoms with E-state index in [4.69, 9.17) is 0 Å². The maximum atomic E-state index is 12.5. The highest BCUT2D eigenvalue weighted by atomic mass is 32.1. The molecule has 2 aliphatic rings. The van der Waals surface area contributed by atoms with Crippen LogP contribution in [0.2, 0.25) is 0 Å². The van der Waals surface area contributed by atoms with Crippen molar-refractivity contribution in [1.82, 2.24) is 30.1 Å². The van der Waals surface area contributed by atoms with Crippen molar-refractivity contribution in [2.45, 2.75) is 38.8 Å². The lowest BCUT2D eigenvalue weighted by Crippen LogP contribution is -2.46. The fraction of sp³-hybridized carbons (Fsp3) is 0.600. The van der Waals surface area contributed by atoms with Crippen molar-refractivity contribution in [1.29, 1.82) is 0 Å². The summed E-state index contributed by atoms with van der Waals surface area (Å²) in [5, 5.41) is 11.2. The Morgan fingerprint density at radius 1 is 1.46 bits per heavy atom. The molecule has 0 saturated carbocycles. The van der Waals surface area contributed by atoms with Gasteiger partial charge >= 0.3 is 6.03 Å². The number of aromatic nitrogens is 3. The highest BCUT2D eigenvalue weighted by molar-refractivity contribution is 7.16. The van der Waals surface area contributed by atoms with E-state index in [0.717, 1.165) is 34.9 Å². The number of amides is 3. The average molecular weight is 348 g/mol. The molecule has 24 heavy (non-hydrogen) atoms. The monoisotopic (exact) mass is 348 g/mol. The van der Waals surface area contributed by atoms with Crippen molar-refractivity contribution in [3.8, 4) is 0 Å². The van der Waals surface area contributed by atoms with Crippen molar-refractivity contribution < 1.29 is 9.59 Å². The van der Waals surface area contributed by atoms with Gasteiger partial charge in [-0.2, -0.15) is 5.10 Å². The van der Waals surface area contributed by atoms with Crippen LogP contribution >= 0.6 is 11.3 Å². The molecule has 0 radical (unpaired) electrons. The van der Waals surface area contributed by atoms with Gasteiger partial charge in [0.05, 0.1) is 24.4 Å². The fourth-order valence-corrected chi connectivity index (χ4v) is 4.17. The minimum Gasteiger partial charge on any atom is -0.351 e. The van der Waals surface area contributed by atoms with E-state index in [1.165, 1.54) is 11.3 Å². The third-order valence-corrected chi connectivity index (χ3v) is 5.44. The molecule has 8 nitrogen and oxygen atoms in total. The zero-order valence-electron chi connectivity index (χ0n) is 13.5. The normalized spacial score (nSPS) is 23.9. The van der Waals surface area contributed by atoms with Crippen molar-refractivity contribution in [2.24, 2.45) is 5.92 Å². The van der Waals surface area contributed by atoms with Crippen LogP contribution in [-0.2, 0) is 11.3 Å². The molecule has 2 bridgehead atoms. The molecule has 2 atom stereocenters. The number of likely N-dealkylation sites (tertiary alicyclic amines) is 1. The number of imidazole rings is 1. The highest BCUT2D eigenvalue weighted by Crippen LogP contribution is 2.22. The Kier molecular flexibility index (Phi) is 3.87. The van der Waals surface area contributed by atoms with Crippen LogP contribution in [0.1, 0.15) is 30.0 Å². The standard InChI is InChI=1S/C15H20N6O2S/c1-9-19-21-8-12(18-15(21)24-9)5-16-14(23)20-6-10-3-2-4-11(7-20)17-13(10)22/h8,10-11H,2-7H2,1H3,(H,16,23)(H,17,22)/t10-,11+/m1/s1. The molecule has 9 heteroatoms. The van der Waals surface area contributed by atoms with Crippen molar-refractivity contribution >= 4 is 28.2 Å². The van der Waals surface area contributed by atoms with Gasteiger partial charge in [0.1, 0.15) is 5.01 Å².